The van der Waals surface area contributed by atoms with Gasteiger partial charge in [-0.05, 0) is 35.5 Å². The van der Waals surface area contributed by atoms with Crippen LogP contribution in [0.15, 0.2) is 64.7 Å². The van der Waals surface area contributed by atoms with E-state index in [9.17, 15) is 13.3 Å². The van der Waals surface area contributed by atoms with Gasteiger partial charge in [-0.3, -0.25) is 4.31 Å². The fraction of sp³-hybridized carbons (Fsp3) is 0.0769. The number of hydrogen-bond acceptors (Lipinski definition) is 4. The zero-order valence-electron chi connectivity index (χ0n) is 10.2. The van der Waals surface area contributed by atoms with Crippen LogP contribution in [-0.4, -0.2) is 15.5 Å². The second kappa shape index (κ2) is 5.19. The lowest BCUT2D eigenvalue weighted by Gasteiger charge is -2.19. The molecule has 2 aromatic rings. The summed E-state index contributed by atoms with van der Waals surface area (Å²) in [6.07, 6.45) is 0. The Morgan fingerprint density at radius 3 is 2.32 bits per heavy atom. The summed E-state index contributed by atoms with van der Waals surface area (Å²) in [5, 5.41) is 2.80. The van der Waals surface area contributed by atoms with Crippen LogP contribution in [0.25, 0.3) is 0 Å². The molecule has 0 aliphatic heterocycles. The minimum absolute atomic E-state index is 0.188. The minimum atomic E-state index is -3.63. The van der Waals surface area contributed by atoms with Gasteiger partial charge in [0.05, 0.1) is 10.6 Å². The Balaban J connectivity index is 2.43. The number of benzene rings is 2. The van der Waals surface area contributed by atoms with Crippen LogP contribution in [0.5, 0.6) is 0 Å². The van der Waals surface area contributed by atoms with Gasteiger partial charge in [-0.2, -0.15) is 0 Å². The van der Waals surface area contributed by atoms with E-state index in [1.807, 2.05) is 0 Å². The Kier molecular flexibility index (Phi) is 3.62. The van der Waals surface area contributed by atoms with E-state index >= 15 is 0 Å². The summed E-state index contributed by atoms with van der Waals surface area (Å²) in [6, 6.07) is 14.2. The first kappa shape index (κ1) is 13.2. The molecular formula is C13H12N2O3S. The van der Waals surface area contributed by atoms with E-state index < -0.39 is 10.0 Å². The average molecular weight is 276 g/mol. The van der Waals surface area contributed by atoms with Crippen LogP contribution in [0.2, 0.25) is 0 Å². The van der Waals surface area contributed by atoms with Crippen molar-refractivity contribution in [3.05, 3.63) is 59.5 Å². The average Bonchev–Trinajstić information content (AvgIpc) is 2.47. The van der Waals surface area contributed by atoms with Gasteiger partial charge in [-0.15, -0.1) is 4.91 Å². The van der Waals surface area contributed by atoms with Gasteiger partial charge in [0.2, 0.25) is 0 Å². The van der Waals surface area contributed by atoms with Gasteiger partial charge in [0.15, 0.2) is 0 Å². The summed E-state index contributed by atoms with van der Waals surface area (Å²) >= 11 is 0. The maximum absolute atomic E-state index is 12.3. The van der Waals surface area contributed by atoms with E-state index in [-0.39, 0.29) is 10.6 Å². The number of rotatable bonds is 4. The molecule has 0 unspecified atom stereocenters. The third kappa shape index (κ3) is 2.63. The lowest BCUT2D eigenvalue weighted by atomic mass is 10.3. The smallest absolute Gasteiger partial charge is 0.264 e. The van der Waals surface area contributed by atoms with Crippen LogP contribution in [-0.2, 0) is 10.0 Å². The third-order valence-electron chi connectivity index (χ3n) is 2.70. The quantitative estimate of drug-likeness (QED) is 0.806. The van der Waals surface area contributed by atoms with Gasteiger partial charge in [0, 0.05) is 7.05 Å². The summed E-state index contributed by atoms with van der Waals surface area (Å²) in [6.45, 7) is 0. The predicted molar refractivity (Wildman–Crippen MR) is 73.9 cm³/mol. The molecule has 0 radical (unpaired) electrons. The topological polar surface area (TPSA) is 66.8 Å². The molecule has 6 heteroatoms. The summed E-state index contributed by atoms with van der Waals surface area (Å²) in [4.78, 5) is 10.7. The second-order valence-electron chi connectivity index (χ2n) is 3.90. The van der Waals surface area contributed by atoms with Crippen LogP contribution >= 0.6 is 0 Å². The number of anilines is 1. The molecule has 0 spiro atoms. The molecule has 0 heterocycles. The monoisotopic (exact) mass is 276 g/mol. The van der Waals surface area contributed by atoms with Gasteiger partial charge in [-0.25, -0.2) is 8.42 Å². The molecule has 19 heavy (non-hydrogen) atoms. The molecule has 2 aromatic carbocycles. The van der Waals surface area contributed by atoms with Gasteiger partial charge < -0.3 is 0 Å². The third-order valence-corrected chi connectivity index (χ3v) is 4.50. The maximum Gasteiger partial charge on any atom is 0.264 e. The van der Waals surface area contributed by atoms with Crippen molar-refractivity contribution in [2.24, 2.45) is 5.18 Å². The fourth-order valence-corrected chi connectivity index (χ4v) is 2.84. The number of nitrogens with zero attached hydrogens (tertiary/aromatic N) is 2. The molecule has 0 saturated carbocycles. The van der Waals surface area contributed by atoms with Crippen molar-refractivity contribution in [3.8, 4) is 0 Å². The highest BCUT2D eigenvalue weighted by Gasteiger charge is 2.20. The normalized spacial score (nSPS) is 11.0. The van der Waals surface area contributed by atoms with Crippen LogP contribution < -0.4 is 4.31 Å². The fourth-order valence-electron chi connectivity index (χ4n) is 1.64. The number of hydrogen-bond donors (Lipinski definition) is 0. The van der Waals surface area contributed by atoms with Crippen molar-refractivity contribution in [2.75, 3.05) is 11.4 Å². The summed E-state index contributed by atoms with van der Waals surface area (Å²) < 4.78 is 25.8. The molecular weight excluding hydrogens is 264 g/mol. The minimum Gasteiger partial charge on any atom is -0.269 e. The molecule has 98 valence electrons. The molecule has 0 aliphatic rings. The summed E-state index contributed by atoms with van der Waals surface area (Å²) in [7, 11) is -2.19. The first-order valence-corrected chi connectivity index (χ1v) is 6.97. The van der Waals surface area contributed by atoms with Crippen molar-refractivity contribution in [1.82, 2.24) is 0 Å². The Morgan fingerprint density at radius 1 is 1.00 bits per heavy atom. The van der Waals surface area contributed by atoms with Crippen molar-refractivity contribution in [2.45, 2.75) is 4.90 Å². The Labute approximate surface area is 111 Å². The lowest BCUT2D eigenvalue weighted by molar-refractivity contribution is 0.594. The van der Waals surface area contributed by atoms with E-state index in [0.29, 0.717) is 5.69 Å². The Bertz CT molecular complexity index is 684. The molecule has 0 saturated heterocycles. The van der Waals surface area contributed by atoms with Crippen molar-refractivity contribution in [3.63, 3.8) is 0 Å². The SMILES string of the molecule is CN(c1cccc(N=O)c1)S(=O)(=O)c1ccccc1. The van der Waals surface area contributed by atoms with Crippen LogP contribution in [0.4, 0.5) is 11.4 Å². The van der Waals surface area contributed by atoms with Crippen LogP contribution in [0.1, 0.15) is 0 Å². The van der Waals surface area contributed by atoms with E-state index in [0.717, 1.165) is 4.31 Å². The molecule has 5 nitrogen and oxygen atoms in total. The molecule has 0 atom stereocenters. The first-order chi connectivity index (χ1) is 9.05. The molecule has 0 aliphatic carbocycles. The van der Waals surface area contributed by atoms with E-state index in [1.54, 1.807) is 30.3 Å². The van der Waals surface area contributed by atoms with Gasteiger partial charge in [0.1, 0.15) is 5.69 Å². The van der Waals surface area contributed by atoms with Crippen molar-refractivity contribution < 1.29 is 8.42 Å². The lowest BCUT2D eigenvalue weighted by Crippen LogP contribution is -2.26. The van der Waals surface area contributed by atoms with Crippen LogP contribution in [0.3, 0.4) is 0 Å². The Morgan fingerprint density at radius 2 is 1.68 bits per heavy atom. The van der Waals surface area contributed by atoms with Gasteiger partial charge in [0.25, 0.3) is 10.0 Å². The van der Waals surface area contributed by atoms with Crippen molar-refractivity contribution in [1.29, 1.82) is 0 Å². The Hall–Kier alpha value is -2.21. The van der Waals surface area contributed by atoms with Crippen LogP contribution in [0, 0.1) is 4.91 Å². The first-order valence-electron chi connectivity index (χ1n) is 5.53. The standard InChI is InChI=1S/C13H12N2O3S/c1-15(12-7-5-6-11(10-12)14-16)19(17,18)13-8-3-2-4-9-13/h2-10H,1H3. The number of nitroso groups, excluding NO2 is 1. The molecule has 0 fully saturated rings. The zero-order valence-corrected chi connectivity index (χ0v) is 11.0. The second-order valence-corrected chi connectivity index (χ2v) is 5.87. The highest BCUT2D eigenvalue weighted by Crippen LogP contribution is 2.25. The number of sulfonamides is 1. The van der Waals surface area contributed by atoms with E-state index in [4.69, 9.17) is 0 Å². The highest BCUT2D eigenvalue weighted by atomic mass is 32.2. The van der Waals surface area contributed by atoms with E-state index in [1.165, 1.54) is 31.3 Å². The van der Waals surface area contributed by atoms with Gasteiger partial charge in [-0.1, -0.05) is 24.3 Å². The zero-order chi connectivity index (χ0) is 13.9. The van der Waals surface area contributed by atoms with Gasteiger partial charge >= 0.3 is 0 Å². The molecule has 2 rings (SSSR count). The largest absolute Gasteiger partial charge is 0.269 e. The van der Waals surface area contributed by atoms with Crippen molar-refractivity contribution >= 4 is 21.4 Å². The molecule has 0 amide bonds. The predicted octanol–water partition coefficient (Wildman–Crippen LogP) is 2.91. The molecule has 0 aromatic heterocycles. The molecule has 0 N–H and O–H groups in total. The molecule has 0 bridgehead atoms. The van der Waals surface area contributed by atoms with E-state index in [2.05, 4.69) is 5.18 Å². The summed E-state index contributed by atoms with van der Waals surface area (Å²) in [5.41, 5.74) is 0.577. The maximum atomic E-state index is 12.3. The highest BCUT2D eigenvalue weighted by molar-refractivity contribution is 7.92. The summed E-state index contributed by atoms with van der Waals surface area (Å²) in [5.74, 6) is 0.